The third-order valence-electron chi connectivity index (χ3n) is 4.51. The standard InChI is InChI=1S/C18H21BrN2/c19-17-11-4-2-7-14(17)12-18(21-20)16-10-5-8-13-6-1-3-9-15(13)16/h1-4,6-7,9,11,16,18,21H,5,8,10,12,20H2. The van der Waals surface area contributed by atoms with Gasteiger partial charge in [0.15, 0.2) is 0 Å². The van der Waals surface area contributed by atoms with Crippen LogP contribution in [0.3, 0.4) is 0 Å². The Hall–Kier alpha value is -1.16. The van der Waals surface area contributed by atoms with E-state index in [0.717, 1.165) is 10.9 Å². The van der Waals surface area contributed by atoms with Crippen molar-refractivity contribution in [1.82, 2.24) is 5.43 Å². The Morgan fingerprint density at radius 3 is 2.71 bits per heavy atom. The Morgan fingerprint density at radius 1 is 1.14 bits per heavy atom. The molecule has 21 heavy (non-hydrogen) atoms. The molecule has 110 valence electrons. The summed E-state index contributed by atoms with van der Waals surface area (Å²) in [5.41, 5.74) is 7.33. The lowest BCUT2D eigenvalue weighted by molar-refractivity contribution is 0.394. The smallest absolute Gasteiger partial charge is 0.0320 e. The molecule has 2 unspecified atom stereocenters. The second kappa shape index (κ2) is 6.73. The number of halogens is 1. The van der Waals surface area contributed by atoms with Crippen molar-refractivity contribution in [2.45, 2.75) is 37.6 Å². The maximum atomic E-state index is 5.89. The van der Waals surface area contributed by atoms with Gasteiger partial charge in [0.1, 0.15) is 0 Å². The number of hydrogen-bond acceptors (Lipinski definition) is 2. The quantitative estimate of drug-likeness (QED) is 0.651. The van der Waals surface area contributed by atoms with Gasteiger partial charge in [0.25, 0.3) is 0 Å². The highest BCUT2D eigenvalue weighted by Crippen LogP contribution is 2.35. The largest absolute Gasteiger partial charge is 0.271 e. The summed E-state index contributed by atoms with van der Waals surface area (Å²) >= 11 is 3.64. The van der Waals surface area contributed by atoms with Crippen LogP contribution in [0.5, 0.6) is 0 Å². The lowest BCUT2D eigenvalue weighted by Crippen LogP contribution is -2.42. The number of nitrogens with two attached hydrogens (primary N) is 1. The molecule has 0 amide bonds. The van der Waals surface area contributed by atoms with Gasteiger partial charge in [0.2, 0.25) is 0 Å². The Kier molecular flexibility index (Phi) is 4.73. The van der Waals surface area contributed by atoms with Gasteiger partial charge in [0.05, 0.1) is 0 Å². The zero-order chi connectivity index (χ0) is 14.7. The summed E-state index contributed by atoms with van der Waals surface area (Å²) in [6, 6.07) is 17.5. The summed E-state index contributed by atoms with van der Waals surface area (Å²) in [4.78, 5) is 0. The van der Waals surface area contributed by atoms with E-state index in [1.165, 1.54) is 36.0 Å². The molecular formula is C18H21BrN2. The van der Waals surface area contributed by atoms with Gasteiger partial charge < -0.3 is 0 Å². The van der Waals surface area contributed by atoms with Crippen molar-refractivity contribution in [3.63, 3.8) is 0 Å². The Balaban J connectivity index is 1.86. The monoisotopic (exact) mass is 344 g/mol. The molecule has 0 saturated carbocycles. The van der Waals surface area contributed by atoms with E-state index in [4.69, 9.17) is 5.84 Å². The summed E-state index contributed by atoms with van der Waals surface area (Å²) < 4.78 is 1.16. The van der Waals surface area contributed by atoms with Crippen LogP contribution < -0.4 is 11.3 Å². The topological polar surface area (TPSA) is 38.0 Å². The highest BCUT2D eigenvalue weighted by Gasteiger charge is 2.27. The summed E-state index contributed by atoms with van der Waals surface area (Å²) in [6.45, 7) is 0. The molecule has 2 atom stereocenters. The molecule has 0 bridgehead atoms. The predicted molar refractivity (Wildman–Crippen MR) is 91.1 cm³/mol. The van der Waals surface area contributed by atoms with Gasteiger partial charge in [-0.1, -0.05) is 58.4 Å². The van der Waals surface area contributed by atoms with Crippen LogP contribution in [-0.4, -0.2) is 6.04 Å². The van der Waals surface area contributed by atoms with Crippen molar-refractivity contribution in [3.05, 3.63) is 69.7 Å². The normalized spacial score (nSPS) is 19.0. The molecule has 1 aliphatic carbocycles. The number of hydrazine groups is 1. The third kappa shape index (κ3) is 3.20. The molecule has 0 aromatic heterocycles. The van der Waals surface area contributed by atoms with Gasteiger partial charge in [-0.3, -0.25) is 11.3 Å². The fraction of sp³-hybridized carbons (Fsp3) is 0.333. The SMILES string of the molecule is NNC(Cc1ccccc1Br)C1CCCc2ccccc21. The Morgan fingerprint density at radius 2 is 1.90 bits per heavy atom. The van der Waals surface area contributed by atoms with Crippen LogP contribution in [0.1, 0.15) is 35.4 Å². The predicted octanol–water partition coefficient (Wildman–Crippen LogP) is 3.94. The van der Waals surface area contributed by atoms with E-state index >= 15 is 0 Å². The lowest BCUT2D eigenvalue weighted by Gasteiger charge is -2.32. The zero-order valence-corrected chi connectivity index (χ0v) is 13.6. The molecule has 0 aliphatic heterocycles. The minimum absolute atomic E-state index is 0.269. The first-order valence-corrected chi connectivity index (χ1v) is 8.36. The number of hydrogen-bond donors (Lipinski definition) is 2. The molecule has 3 heteroatoms. The van der Waals surface area contributed by atoms with E-state index < -0.39 is 0 Å². The molecule has 2 nitrogen and oxygen atoms in total. The molecule has 0 spiro atoms. The molecule has 1 aliphatic rings. The van der Waals surface area contributed by atoms with Gasteiger partial charge in [0, 0.05) is 16.4 Å². The summed E-state index contributed by atoms with van der Waals surface area (Å²) in [7, 11) is 0. The number of aryl methyl sites for hydroxylation is 1. The maximum absolute atomic E-state index is 5.89. The van der Waals surface area contributed by atoms with Crippen molar-refractivity contribution in [2.75, 3.05) is 0 Å². The van der Waals surface area contributed by atoms with Gasteiger partial charge in [-0.05, 0) is 48.4 Å². The second-order valence-electron chi connectivity index (χ2n) is 5.77. The highest BCUT2D eigenvalue weighted by atomic mass is 79.9. The average Bonchev–Trinajstić information content (AvgIpc) is 2.54. The Labute approximate surface area is 134 Å². The van der Waals surface area contributed by atoms with E-state index in [9.17, 15) is 0 Å². The van der Waals surface area contributed by atoms with Crippen LogP contribution in [0.2, 0.25) is 0 Å². The van der Waals surface area contributed by atoms with Crippen LogP contribution in [0.4, 0.5) is 0 Å². The van der Waals surface area contributed by atoms with Crippen LogP contribution in [0.15, 0.2) is 53.0 Å². The second-order valence-corrected chi connectivity index (χ2v) is 6.62. The molecule has 0 fully saturated rings. The number of rotatable bonds is 4. The molecule has 0 radical (unpaired) electrons. The third-order valence-corrected chi connectivity index (χ3v) is 5.29. The van der Waals surface area contributed by atoms with E-state index in [0.29, 0.717) is 5.92 Å². The van der Waals surface area contributed by atoms with Gasteiger partial charge in [-0.25, -0.2) is 0 Å². The molecule has 3 N–H and O–H groups in total. The molecule has 3 rings (SSSR count). The van der Waals surface area contributed by atoms with Crippen molar-refractivity contribution >= 4 is 15.9 Å². The molecule has 0 saturated heterocycles. The van der Waals surface area contributed by atoms with Crippen molar-refractivity contribution in [2.24, 2.45) is 5.84 Å². The Bertz CT molecular complexity index is 612. The van der Waals surface area contributed by atoms with Gasteiger partial charge >= 0.3 is 0 Å². The molecule has 0 heterocycles. The first-order chi connectivity index (χ1) is 10.3. The van der Waals surface area contributed by atoms with Crippen LogP contribution in [0, 0.1) is 0 Å². The summed E-state index contributed by atoms with van der Waals surface area (Å²) in [5.74, 6) is 6.39. The van der Waals surface area contributed by atoms with Gasteiger partial charge in [-0.15, -0.1) is 0 Å². The summed E-state index contributed by atoms with van der Waals surface area (Å²) in [6.07, 6.45) is 4.59. The first-order valence-electron chi connectivity index (χ1n) is 7.57. The minimum Gasteiger partial charge on any atom is -0.271 e. The van der Waals surface area contributed by atoms with E-state index in [1.807, 2.05) is 6.07 Å². The molecule has 2 aromatic carbocycles. The van der Waals surface area contributed by atoms with Crippen LogP contribution in [-0.2, 0) is 12.8 Å². The molecule has 2 aromatic rings. The number of nitrogens with one attached hydrogen (secondary N) is 1. The van der Waals surface area contributed by atoms with Crippen molar-refractivity contribution in [1.29, 1.82) is 0 Å². The summed E-state index contributed by atoms with van der Waals surface area (Å²) in [5, 5.41) is 0. The number of benzene rings is 2. The van der Waals surface area contributed by atoms with Gasteiger partial charge in [-0.2, -0.15) is 0 Å². The minimum atomic E-state index is 0.269. The van der Waals surface area contributed by atoms with Crippen LogP contribution >= 0.6 is 15.9 Å². The van der Waals surface area contributed by atoms with E-state index in [-0.39, 0.29) is 6.04 Å². The number of fused-ring (bicyclic) bond motifs is 1. The molecular weight excluding hydrogens is 324 g/mol. The van der Waals surface area contributed by atoms with Crippen LogP contribution in [0.25, 0.3) is 0 Å². The zero-order valence-electron chi connectivity index (χ0n) is 12.1. The van der Waals surface area contributed by atoms with E-state index in [2.05, 4.69) is 63.8 Å². The highest BCUT2D eigenvalue weighted by molar-refractivity contribution is 9.10. The van der Waals surface area contributed by atoms with E-state index in [1.54, 1.807) is 0 Å². The maximum Gasteiger partial charge on any atom is 0.0320 e. The first kappa shape index (κ1) is 14.8. The average molecular weight is 345 g/mol. The fourth-order valence-corrected chi connectivity index (χ4v) is 3.87. The van der Waals surface area contributed by atoms with Crippen molar-refractivity contribution < 1.29 is 0 Å². The van der Waals surface area contributed by atoms with Crippen molar-refractivity contribution in [3.8, 4) is 0 Å². The fourth-order valence-electron chi connectivity index (χ4n) is 3.43. The lowest BCUT2D eigenvalue weighted by atomic mass is 9.77.